The number of aromatic hydroxyl groups is 1. The molecule has 1 amide bonds. The van der Waals surface area contributed by atoms with Crippen LogP contribution in [-0.2, 0) is 6.42 Å². The fourth-order valence-corrected chi connectivity index (χ4v) is 4.38. The number of aromatic nitrogens is 1. The second kappa shape index (κ2) is 8.75. The van der Waals surface area contributed by atoms with E-state index in [1.54, 1.807) is 44.4 Å². The number of anilines is 1. The summed E-state index contributed by atoms with van der Waals surface area (Å²) in [6.07, 6.45) is -0.179. The number of carbonyl (C=O) groups excluding carboxylic acids is 1. The highest BCUT2D eigenvalue weighted by Gasteiger charge is 2.15. The zero-order chi connectivity index (χ0) is 22.0. The predicted octanol–water partition coefficient (Wildman–Crippen LogP) is 4.85. The van der Waals surface area contributed by atoms with Crippen molar-refractivity contribution in [3.63, 3.8) is 0 Å². The van der Waals surface area contributed by atoms with Gasteiger partial charge in [0, 0.05) is 23.7 Å². The highest BCUT2D eigenvalue weighted by atomic mass is 32.1. The SMILES string of the molecule is COc1ccc(C(=O)Nc2ccc(-c3nc4ccccc4s3)c(O)c2)cc1CC(C)O. The number of hydrogen-bond acceptors (Lipinski definition) is 6. The number of fused-ring (bicyclic) bond motifs is 1. The van der Waals surface area contributed by atoms with E-state index in [1.807, 2.05) is 24.3 Å². The van der Waals surface area contributed by atoms with E-state index in [0.717, 1.165) is 20.8 Å². The first-order chi connectivity index (χ1) is 14.9. The number of methoxy groups -OCH3 is 1. The third-order valence-corrected chi connectivity index (χ3v) is 5.91. The van der Waals surface area contributed by atoms with Gasteiger partial charge in [0.2, 0.25) is 0 Å². The largest absolute Gasteiger partial charge is 0.507 e. The van der Waals surface area contributed by atoms with Crippen LogP contribution in [0.5, 0.6) is 11.5 Å². The van der Waals surface area contributed by atoms with Crippen molar-refractivity contribution in [3.05, 3.63) is 71.8 Å². The third-order valence-electron chi connectivity index (χ3n) is 4.84. The van der Waals surface area contributed by atoms with Gasteiger partial charge in [-0.05, 0) is 55.0 Å². The molecule has 0 aliphatic rings. The number of aliphatic hydroxyl groups is 1. The molecule has 6 nitrogen and oxygen atoms in total. The van der Waals surface area contributed by atoms with Gasteiger partial charge in [-0.2, -0.15) is 0 Å². The molecule has 3 N–H and O–H groups in total. The van der Waals surface area contributed by atoms with Gasteiger partial charge in [0.1, 0.15) is 16.5 Å². The van der Waals surface area contributed by atoms with Gasteiger partial charge in [0.25, 0.3) is 5.91 Å². The molecule has 0 saturated carbocycles. The van der Waals surface area contributed by atoms with E-state index in [1.165, 1.54) is 17.4 Å². The number of thiazole rings is 1. The lowest BCUT2D eigenvalue weighted by molar-refractivity contribution is 0.102. The van der Waals surface area contributed by atoms with Crippen molar-refractivity contribution in [1.82, 2.24) is 4.98 Å². The summed E-state index contributed by atoms with van der Waals surface area (Å²) < 4.78 is 6.35. The molecule has 0 spiro atoms. The molecule has 0 bridgehead atoms. The number of benzene rings is 3. The molecule has 1 unspecified atom stereocenters. The van der Waals surface area contributed by atoms with Crippen LogP contribution in [0.2, 0.25) is 0 Å². The Kier molecular flexibility index (Phi) is 5.88. The lowest BCUT2D eigenvalue weighted by Gasteiger charge is -2.13. The van der Waals surface area contributed by atoms with Gasteiger partial charge in [-0.15, -0.1) is 11.3 Å². The number of hydrogen-bond donors (Lipinski definition) is 3. The van der Waals surface area contributed by atoms with Crippen molar-refractivity contribution in [2.45, 2.75) is 19.4 Å². The number of nitrogens with one attached hydrogen (secondary N) is 1. The number of phenols is 1. The second-order valence-electron chi connectivity index (χ2n) is 7.25. The molecule has 1 heterocycles. The first-order valence-corrected chi connectivity index (χ1v) is 10.6. The molecule has 0 radical (unpaired) electrons. The number of aliphatic hydroxyl groups excluding tert-OH is 1. The van der Waals surface area contributed by atoms with E-state index in [0.29, 0.717) is 29.0 Å². The summed E-state index contributed by atoms with van der Waals surface area (Å²) in [6.45, 7) is 1.68. The number of para-hydroxylation sites is 1. The van der Waals surface area contributed by atoms with Crippen molar-refractivity contribution in [3.8, 4) is 22.1 Å². The van der Waals surface area contributed by atoms with Gasteiger partial charge in [0.15, 0.2) is 0 Å². The quantitative estimate of drug-likeness (QED) is 0.403. The summed E-state index contributed by atoms with van der Waals surface area (Å²) in [7, 11) is 1.55. The Morgan fingerprint density at radius 3 is 2.68 bits per heavy atom. The van der Waals surface area contributed by atoms with E-state index in [4.69, 9.17) is 4.74 Å². The Morgan fingerprint density at radius 1 is 1.16 bits per heavy atom. The third kappa shape index (κ3) is 4.52. The van der Waals surface area contributed by atoms with E-state index >= 15 is 0 Å². The summed E-state index contributed by atoms with van der Waals surface area (Å²) in [6, 6.07) is 17.9. The van der Waals surface area contributed by atoms with Crippen molar-refractivity contribution in [2.24, 2.45) is 0 Å². The van der Waals surface area contributed by atoms with E-state index < -0.39 is 6.10 Å². The highest BCUT2D eigenvalue weighted by Crippen LogP contribution is 2.36. The van der Waals surface area contributed by atoms with Crippen LogP contribution in [0.3, 0.4) is 0 Å². The second-order valence-corrected chi connectivity index (χ2v) is 8.28. The van der Waals surface area contributed by atoms with Gasteiger partial charge >= 0.3 is 0 Å². The number of phenolic OH excluding ortho intramolecular Hbond substituents is 1. The Hall–Kier alpha value is -3.42. The van der Waals surface area contributed by atoms with E-state index in [-0.39, 0.29) is 11.7 Å². The first kappa shape index (κ1) is 20.8. The van der Waals surface area contributed by atoms with Gasteiger partial charge in [-0.25, -0.2) is 4.98 Å². The van der Waals surface area contributed by atoms with Crippen LogP contribution in [0.15, 0.2) is 60.7 Å². The standard InChI is InChI=1S/C24H22N2O4S/c1-14(27)11-16-12-15(7-10-21(16)30-2)23(29)25-17-8-9-18(20(28)13-17)24-26-19-5-3-4-6-22(19)31-24/h3-10,12-14,27-28H,11H2,1-2H3,(H,25,29). The zero-order valence-corrected chi connectivity index (χ0v) is 17.9. The van der Waals surface area contributed by atoms with Crippen molar-refractivity contribution < 1.29 is 19.7 Å². The maximum absolute atomic E-state index is 12.7. The maximum Gasteiger partial charge on any atom is 0.255 e. The summed E-state index contributed by atoms with van der Waals surface area (Å²) >= 11 is 1.50. The average molecular weight is 435 g/mol. The van der Waals surface area contributed by atoms with Crippen LogP contribution >= 0.6 is 11.3 Å². The highest BCUT2D eigenvalue weighted by molar-refractivity contribution is 7.21. The molecular weight excluding hydrogens is 412 g/mol. The molecule has 1 atom stereocenters. The maximum atomic E-state index is 12.7. The summed E-state index contributed by atoms with van der Waals surface area (Å²) in [5.41, 5.74) is 3.15. The van der Waals surface area contributed by atoms with Crippen molar-refractivity contribution in [1.29, 1.82) is 0 Å². The van der Waals surface area contributed by atoms with Gasteiger partial charge in [0.05, 0.1) is 29.0 Å². The Morgan fingerprint density at radius 2 is 1.97 bits per heavy atom. The van der Waals surface area contributed by atoms with Crippen LogP contribution in [0.1, 0.15) is 22.8 Å². The lowest BCUT2D eigenvalue weighted by Crippen LogP contribution is -2.13. The monoisotopic (exact) mass is 434 g/mol. The molecule has 4 rings (SSSR count). The topological polar surface area (TPSA) is 91.7 Å². The molecule has 158 valence electrons. The lowest BCUT2D eigenvalue weighted by atomic mass is 10.0. The Balaban J connectivity index is 1.56. The summed E-state index contributed by atoms with van der Waals surface area (Å²) in [5, 5.41) is 23.8. The Labute approximate surface area is 183 Å². The molecule has 0 aliphatic carbocycles. The van der Waals surface area contributed by atoms with E-state index in [9.17, 15) is 15.0 Å². The number of carbonyl (C=O) groups is 1. The fourth-order valence-electron chi connectivity index (χ4n) is 3.38. The molecule has 31 heavy (non-hydrogen) atoms. The minimum Gasteiger partial charge on any atom is -0.507 e. The molecule has 0 aliphatic heterocycles. The smallest absolute Gasteiger partial charge is 0.255 e. The molecule has 0 saturated heterocycles. The normalized spacial score (nSPS) is 12.0. The number of nitrogens with zero attached hydrogens (tertiary/aromatic N) is 1. The van der Waals surface area contributed by atoms with Crippen molar-refractivity contribution in [2.75, 3.05) is 12.4 Å². The Bertz CT molecular complexity index is 1220. The van der Waals surface area contributed by atoms with Gasteiger partial charge in [-0.3, -0.25) is 4.79 Å². The molecule has 1 aromatic heterocycles. The van der Waals surface area contributed by atoms with E-state index in [2.05, 4.69) is 10.3 Å². The first-order valence-electron chi connectivity index (χ1n) is 9.80. The summed E-state index contributed by atoms with van der Waals surface area (Å²) in [4.78, 5) is 17.3. The number of rotatable bonds is 6. The van der Waals surface area contributed by atoms with Crippen LogP contribution in [0.4, 0.5) is 5.69 Å². The average Bonchev–Trinajstić information content (AvgIpc) is 3.17. The molecular formula is C24H22N2O4S. The minimum atomic E-state index is -0.556. The predicted molar refractivity (Wildman–Crippen MR) is 123 cm³/mol. The zero-order valence-electron chi connectivity index (χ0n) is 17.1. The number of ether oxygens (including phenoxy) is 1. The molecule has 3 aromatic carbocycles. The van der Waals surface area contributed by atoms with Crippen LogP contribution < -0.4 is 10.1 Å². The molecule has 4 aromatic rings. The van der Waals surface area contributed by atoms with Gasteiger partial charge < -0.3 is 20.3 Å². The minimum absolute atomic E-state index is 0.0429. The molecule has 0 fully saturated rings. The fraction of sp³-hybridized carbons (Fsp3) is 0.167. The summed E-state index contributed by atoms with van der Waals surface area (Å²) in [5.74, 6) is 0.346. The van der Waals surface area contributed by atoms with Crippen molar-refractivity contribution >= 4 is 33.1 Å². The number of amides is 1. The molecule has 7 heteroatoms. The van der Waals surface area contributed by atoms with Crippen LogP contribution in [0, 0.1) is 0 Å². The van der Waals surface area contributed by atoms with Crippen LogP contribution in [-0.4, -0.2) is 34.3 Å². The van der Waals surface area contributed by atoms with Crippen LogP contribution in [0.25, 0.3) is 20.8 Å². The van der Waals surface area contributed by atoms with Gasteiger partial charge in [-0.1, -0.05) is 12.1 Å².